The normalized spacial score (nSPS) is 12.4. The molecule has 1 unspecified atom stereocenters. The van der Waals surface area contributed by atoms with Gasteiger partial charge in [-0.2, -0.15) is 0 Å². The summed E-state index contributed by atoms with van der Waals surface area (Å²) in [6.45, 7) is 1.82. The zero-order valence-corrected chi connectivity index (χ0v) is 10.4. The number of benzene rings is 1. The number of aromatic nitrogens is 2. The Morgan fingerprint density at radius 3 is 2.47 bits per heavy atom. The zero-order chi connectivity index (χ0) is 12.4. The van der Waals surface area contributed by atoms with Gasteiger partial charge in [-0.15, -0.1) is 21.8 Å². The van der Waals surface area contributed by atoms with Crippen molar-refractivity contribution in [1.29, 1.82) is 0 Å². The first-order chi connectivity index (χ1) is 8.08. The van der Waals surface area contributed by atoms with Crippen molar-refractivity contribution in [3.8, 4) is 10.6 Å². The second kappa shape index (κ2) is 4.77. The van der Waals surface area contributed by atoms with Crippen LogP contribution in [0.4, 0.5) is 5.69 Å². The molecule has 0 saturated heterocycles. The molecule has 88 valence electrons. The lowest BCUT2D eigenvalue weighted by Gasteiger charge is -1.95. The van der Waals surface area contributed by atoms with Crippen LogP contribution in [-0.4, -0.2) is 15.1 Å². The summed E-state index contributed by atoms with van der Waals surface area (Å²) in [4.78, 5) is 10.1. The fourth-order valence-electron chi connectivity index (χ4n) is 1.24. The molecule has 0 bridgehead atoms. The maximum Gasteiger partial charge on any atom is 0.269 e. The fraction of sp³-hybridized carbons (Fsp3) is 0.200. The maximum absolute atomic E-state index is 10.5. The molecule has 17 heavy (non-hydrogen) atoms. The monoisotopic (exact) mass is 269 g/mol. The lowest BCUT2D eigenvalue weighted by Crippen LogP contribution is -1.86. The highest BCUT2D eigenvalue weighted by Crippen LogP contribution is 2.29. The number of rotatable bonds is 3. The molecular weight excluding hydrogens is 262 g/mol. The molecule has 0 amide bonds. The molecule has 0 spiro atoms. The van der Waals surface area contributed by atoms with E-state index in [0.29, 0.717) is 5.01 Å². The predicted molar refractivity (Wildman–Crippen MR) is 66.3 cm³/mol. The van der Waals surface area contributed by atoms with E-state index < -0.39 is 4.92 Å². The first kappa shape index (κ1) is 11.9. The van der Waals surface area contributed by atoms with Crippen LogP contribution in [0, 0.1) is 10.1 Å². The highest BCUT2D eigenvalue weighted by atomic mass is 35.5. The van der Waals surface area contributed by atoms with Crippen LogP contribution in [0.2, 0.25) is 0 Å². The van der Waals surface area contributed by atoms with Crippen molar-refractivity contribution in [3.63, 3.8) is 0 Å². The van der Waals surface area contributed by atoms with Gasteiger partial charge in [0.1, 0.15) is 10.0 Å². The minimum Gasteiger partial charge on any atom is -0.258 e. The van der Waals surface area contributed by atoms with E-state index in [0.717, 1.165) is 10.6 Å². The average molecular weight is 270 g/mol. The Hall–Kier alpha value is -1.53. The van der Waals surface area contributed by atoms with Crippen molar-refractivity contribution >= 4 is 28.6 Å². The lowest BCUT2D eigenvalue weighted by molar-refractivity contribution is -0.384. The van der Waals surface area contributed by atoms with Crippen LogP contribution in [0.15, 0.2) is 24.3 Å². The molecule has 2 aromatic rings. The molecule has 0 radical (unpaired) electrons. The highest BCUT2D eigenvalue weighted by Gasteiger charge is 2.12. The summed E-state index contributed by atoms with van der Waals surface area (Å²) in [5.74, 6) is 0. The van der Waals surface area contributed by atoms with Gasteiger partial charge in [0, 0.05) is 17.7 Å². The van der Waals surface area contributed by atoms with E-state index in [-0.39, 0.29) is 11.1 Å². The average Bonchev–Trinajstić information content (AvgIpc) is 2.78. The van der Waals surface area contributed by atoms with Crippen LogP contribution in [-0.2, 0) is 0 Å². The summed E-state index contributed by atoms with van der Waals surface area (Å²) in [6, 6.07) is 6.20. The second-order valence-electron chi connectivity index (χ2n) is 3.37. The predicted octanol–water partition coefficient (Wildman–Crippen LogP) is 3.41. The summed E-state index contributed by atoms with van der Waals surface area (Å²) in [5.41, 5.74) is 0.862. The minimum atomic E-state index is -0.434. The Kier molecular flexibility index (Phi) is 3.35. The molecule has 0 aliphatic rings. The van der Waals surface area contributed by atoms with Gasteiger partial charge in [-0.1, -0.05) is 11.3 Å². The third kappa shape index (κ3) is 2.59. The van der Waals surface area contributed by atoms with E-state index in [1.165, 1.54) is 23.5 Å². The molecular formula is C10H8ClN3O2S. The van der Waals surface area contributed by atoms with E-state index in [1.54, 1.807) is 12.1 Å². The topological polar surface area (TPSA) is 68.9 Å². The standard InChI is InChI=1S/C10H8ClN3O2S/c1-6(11)9-12-13-10(17-9)7-2-4-8(5-3-7)14(15)16/h2-6H,1H3. The summed E-state index contributed by atoms with van der Waals surface area (Å²) >= 11 is 7.27. The molecule has 2 rings (SSSR count). The van der Waals surface area contributed by atoms with Gasteiger partial charge in [0.25, 0.3) is 5.69 Å². The van der Waals surface area contributed by atoms with Crippen LogP contribution in [0.3, 0.4) is 0 Å². The van der Waals surface area contributed by atoms with Gasteiger partial charge in [-0.3, -0.25) is 10.1 Å². The first-order valence-electron chi connectivity index (χ1n) is 4.80. The number of nitro groups is 1. The summed E-state index contributed by atoms with van der Waals surface area (Å²) < 4.78 is 0. The number of nitro benzene ring substituents is 1. The molecule has 1 heterocycles. The van der Waals surface area contributed by atoms with E-state index in [1.807, 2.05) is 6.92 Å². The Morgan fingerprint density at radius 1 is 1.35 bits per heavy atom. The molecule has 5 nitrogen and oxygen atoms in total. The quantitative estimate of drug-likeness (QED) is 0.486. The Balaban J connectivity index is 2.30. The smallest absolute Gasteiger partial charge is 0.258 e. The maximum atomic E-state index is 10.5. The van der Waals surface area contributed by atoms with Gasteiger partial charge < -0.3 is 0 Å². The van der Waals surface area contributed by atoms with Crippen LogP contribution >= 0.6 is 22.9 Å². The Morgan fingerprint density at radius 2 is 2.00 bits per heavy atom. The summed E-state index contributed by atoms with van der Waals surface area (Å²) in [5, 5.41) is 19.7. The van der Waals surface area contributed by atoms with Gasteiger partial charge in [0.05, 0.1) is 10.3 Å². The number of alkyl halides is 1. The molecule has 0 saturated carbocycles. The number of nitrogens with zero attached hydrogens (tertiary/aromatic N) is 3. The first-order valence-corrected chi connectivity index (χ1v) is 6.05. The van der Waals surface area contributed by atoms with Crippen LogP contribution in [0.1, 0.15) is 17.3 Å². The number of halogens is 1. The van der Waals surface area contributed by atoms with Crippen molar-refractivity contribution in [3.05, 3.63) is 39.4 Å². The van der Waals surface area contributed by atoms with Crippen molar-refractivity contribution in [2.75, 3.05) is 0 Å². The Bertz CT molecular complexity index is 539. The van der Waals surface area contributed by atoms with Crippen molar-refractivity contribution in [2.45, 2.75) is 12.3 Å². The molecule has 1 atom stereocenters. The van der Waals surface area contributed by atoms with Gasteiger partial charge in [0.15, 0.2) is 0 Å². The molecule has 0 N–H and O–H groups in total. The highest BCUT2D eigenvalue weighted by molar-refractivity contribution is 7.15. The van der Waals surface area contributed by atoms with Crippen molar-refractivity contribution < 1.29 is 4.92 Å². The van der Waals surface area contributed by atoms with Gasteiger partial charge in [-0.05, 0) is 19.1 Å². The minimum absolute atomic E-state index is 0.0594. The molecule has 0 aliphatic heterocycles. The van der Waals surface area contributed by atoms with Crippen LogP contribution in [0.25, 0.3) is 10.6 Å². The number of non-ortho nitro benzene ring substituents is 1. The van der Waals surface area contributed by atoms with E-state index >= 15 is 0 Å². The molecule has 7 heteroatoms. The van der Waals surface area contributed by atoms with E-state index in [2.05, 4.69) is 10.2 Å². The fourth-order valence-corrected chi connectivity index (χ4v) is 2.19. The SMILES string of the molecule is CC(Cl)c1nnc(-c2ccc([N+](=O)[O-])cc2)s1. The van der Waals surface area contributed by atoms with Crippen molar-refractivity contribution in [2.24, 2.45) is 0 Å². The third-order valence-corrected chi connectivity index (χ3v) is 3.60. The second-order valence-corrected chi connectivity index (χ2v) is 5.03. The largest absolute Gasteiger partial charge is 0.269 e. The summed E-state index contributed by atoms with van der Waals surface area (Å²) in [7, 11) is 0. The molecule has 1 aromatic heterocycles. The molecule has 0 fully saturated rings. The van der Waals surface area contributed by atoms with E-state index in [9.17, 15) is 10.1 Å². The molecule has 0 aliphatic carbocycles. The van der Waals surface area contributed by atoms with Gasteiger partial charge >= 0.3 is 0 Å². The zero-order valence-electron chi connectivity index (χ0n) is 8.83. The van der Waals surface area contributed by atoms with Gasteiger partial charge in [0.2, 0.25) is 0 Å². The van der Waals surface area contributed by atoms with Crippen LogP contribution < -0.4 is 0 Å². The number of hydrogen-bond acceptors (Lipinski definition) is 5. The van der Waals surface area contributed by atoms with E-state index in [4.69, 9.17) is 11.6 Å². The third-order valence-electron chi connectivity index (χ3n) is 2.11. The van der Waals surface area contributed by atoms with Crippen molar-refractivity contribution in [1.82, 2.24) is 10.2 Å². The lowest BCUT2D eigenvalue weighted by atomic mass is 10.2. The summed E-state index contributed by atoms with van der Waals surface area (Å²) in [6.07, 6.45) is 0. The molecule has 1 aromatic carbocycles. The number of hydrogen-bond donors (Lipinski definition) is 0. The van der Waals surface area contributed by atoms with Gasteiger partial charge in [-0.25, -0.2) is 0 Å². The Labute approximate surface area is 106 Å². The van der Waals surface area contributed by atoms with Crippen LogP contribution in [0.5, 0.6) is 0 Å².